The molecule has 2 amide bonds. The first-order valence-corrected chi connectivity index (χ1v) is 9.66. The molecule has 150 valence electrons. The van der Waals surface area contributed by atoms with Crippen LogP contribution in [0.15, 0.2) is 18.2 Å². The van der Waals surface area contributed by atoms with E-state index in [-0.39, 0.29) is 17.9 Å². The van der Waals surface area contributed by atoms with Gasteiger partial charge in [0.1, 0.15) is 5.75 Å². The molecular formula is C19H29ClN4O3. The first-order chi connectivity index (χ1) is 12.9. The van der Waals surface area contributed by atoms with E-state index in [1.807, 2.05) is 6.92 Å². The van der Waals surface area contributed by atoms with E-state index in [0.717, 1.165) is 32.6 Å². The van der Waals surface area contributed by atoms with Crippen LogP contribution in [-0.2, 0) is 9.59 Å². The third-order valence-electron chi connectivity index (χ3n) is 4.65. The fraction of sp³-hybridized carbons (Fsp3) is 0.579. The monoisotopic (exact) mass is 396 g/mol. The zero-order chi connectivity index (χ0) is 19.8. The number of anilines is 1. The maximum absolute atomic E-state index is 12.3. The fourth-order valence-electron chi connectivity index (χ4n) is 2.88. The summed E-state index contributed by atoms with van der Waals surface area (Å²) in [7, 11) is 1.55. The topological polar surface area (TPSA) is 73.9 Å². The lowest BCUT2D eigenvalue weighted by atomic mass is 10.2. The Morgan fingerprint density at radius 3 is 2.26 bits per heavy atom. The number of carbonyl (C=O) groups excluding carboxylic acids is 2. The van der Waals surface area contributed by atoms with Gasteiger partial charge in [0.15, 0.2) is 0 Å². The SMILES string of the molecule is CCC(C)NC(=O)CN1CCN(CC(=O)Nc2ccc(OC)c(Cl)c2)CC1. The van der Waals surface area contributed by atoms with E-state index in [1.165, 1.54) is 0 Å². The van der Waals surface area contributed by atoms with E-state index in [2.05, 4.69) is 27.4 Å². The number of amides is 2. The Morgan fingerprint density at radius 2 is 1.74 bits per heavy atom. The van der Waals surface area contributed by atoms with Crippen LogP contribution in [0.2, 0.25) is 5.02 Å². The molecule has 0 saturated carbocycles. The number of carbonyl (C=O) groups is 2. The molecule has 0 spiro atoms. The second-order valence-corrected chi connectivity index (χ2v) is 7.23. The molecular weight excluding hydrogens is 368 g/mol. The number of benzene rings is 1. The Hall–Kier alpha value is -1.83. The van der Waals surface area contributed by atoms with E-state index >= 15 is 0 Å². The van der Waals surface area contributed by atoms with Gasteiger partial charge in [0, 0.05) is 37.9 Å². The average Bonchev–Trinajstić information content (AvgIpc) is 2.63. The van der Waals surface area contributed by atoms with Gasteiger partial charge in [0.2, 0.25) is 11.8 Å². The molecule has 2 N–H and O–H groups in total. The van der Waals surface area contributed by atoms with Gasteiger partial charge in [0.25, 0.3) is 0 Å². The molecule has 1 unspecified atom stereocenters. The van der Waals surface area contributed by atoms with E-state index in [9.17, 15) is 9.59 Å². The van der Waals surface area contributed by atoms with Crippen molar-refractivity contribution in [3.8, 4) is 5.75 Å². The fourth-order valence-corrected chi connectivity index (χ4v) is 3.14. The summed E-state index contributed by atoms with van der Waals surface area (Å²) < 4.78 is 5.11. The Bertz CT molecular complexity index is 648. The van der Waals surface area contributed by atoms with Crippen LogP contribution in [0.4, 0.5) is 5.69 Å². The minimum atomic E-state index is -0.0841. The quantitative estimate of drug-likeness (QED) is 0.701. The molecule has 1 aliphatic rings. The van der Waals surface area contributed by atoms with Gasteiger partial charge in [-0.3, -0.25) is 19.4 Å². The summed E-state index contributed by atoms with van der Waals surface area (Å²) in [6, 6.07) is 5.36. The van der Waals surface area contributed by atoms with E-state index < -0.39 is 0 Å². The molecule has 27 heavy (non-hydrogen) atoms. The Labute approximate surface area is 166 Å². The summed E-state index contributed by atoms with van der Waals surface area (Å²) >= 11 is 6.08. The van der Waals surface area contributed by atoms with Crippen molar-refractivity contribution in [1.82, 2.24) is 15.1 Å². The lowest BCUT2D eigenvalue weighted by molar-refractivity contribution is -0.124. The van der Waals surface area contributed by atoms with Crippen LogP contribution in [0.1, 0.15) is 20.3 Å². The van der Waals surface area contributed by atoms with Gasteiger partial charge >= 0.3 is 0 Å². The summed E-state index contributed by atoms with van der Waals surface area (Å²) in [6.45, 7) is 7.84. The molecule has 7 nitrogen and oxygen atoms in total. The number of hydrogen-bond donors (Lipinski definition) is 2. The van der Waals surface area contributed by atoms with Gasteiger partial charge in [0.05, 0.1) is 25.2 Å². The zero-order valence-electron chi connectivity index (χ0n) is 16.3. The number of halogens is 1. The second kappa shape index (κ2) is 10.5. The Balaban J connectivity index is 1.72. The molecule has 2 rings (SSSR count). The predicted molar refractivity (Wildman–Crippen MR) is 107 cm³/mol. The number of nitrogens with zero attached hydrogens (tertiary/aromatic N) is 2. The summed E-state index contributed by atoms with van der Waals surface area (Å²) in [6.07, 6.45) is 0.925. The molecule has 0 aliphatic carbocycles. The first-order valence-electron chi connectivity index (χ1n) is 9.28. The highest BCUT2D eigenvalue weighted by Crippen LogP contribution is 2.27. The number of ether oxygens (including phenoxy) is 1. The number of piperazine rings is 1. The first kappa shape index (κ1) is 21.5. The highest BCUT2D eigenvalue weighted by Gasteiger charge is 2.21. The molecule has 0 radical (unpaired) electrons. The van der Waals surface area contributed by atoms with Crippen LogP contribution in [-0.4, -0.2) is 74.0 Å². The predicted octanol–water partition coefficient (Wildman–Crippen LogP) is 1.82. The highest BCUT2D eigenvalue weighted by molar-refractivity contribution is 6.32. The van der Waals surface area contributed by atoms with Gasteiger partial charge < -0.3 is 15.4 Å². The number of nitrogens with one attached hydrogen (secondary N) is 2. The maximum Gasteiger partial charge on any atom is 0.238 e. The van der Waals surface area contributed by atoms with Crippen LogP contribution >= 0.6 is 11.6 Å². The Morgan fingerprint density at radius 1 is 1.15 bits per heavy atom. The minimum absolute atomic E-state index is 0.0620. The van der Waals surface area contributed by atoms with E-state index in [1.54, 1.807) is 25.3 Å². The molecule has 1 fully saturated rings. The van der Waals surface area contributed by atoms with Gasteiger partial charge in [-0.15, -0.1) is 0 Å². The summed E-state index contributed by atoms with van der Waals surface area (Å²) in [5.41, 5.74) is 0.645. The standard InChI is InChI=1S/C19H29ClN4O3/c1-4-14(2)21-18(25)12-23-7-9-24(10-8-23)13-19(26)22-15-5-6-17(27-3)16(20)11-15/h5-6,11,14H,4,7-10,12-13H2,1-3H3,(H,21,25)(H,22,26). The summed E-state index contributed by atoms with van der Waals surface area (Å²) in [4.78, 5) is 28.4. The van der Waals surface area contributed by atoms with Crippen LogP contribution in [0.25, 0.3) is 0 Å². The molecule has 0 aromatic heterocycles. The molecule has 1 aromatic carbocycles. The number of methoxy groups -OCH3 is 1. The average molecular weight is 397 g/mol. The van der Waals surface area contributed by atoms with Gasteiger partial charge in [-0.05, 0) is 31.5 Å². The lowest BCUT2D eigenvalue weighted by Crippen LogP contribution is -2.51. The van der Waals surface area contributed by atoms with Crippen molar-refractivity contribution in [2.75, 3.05) is 51.7 Å². The lowest BCUT2D eigenvalue weighted by Gasteiger charge is -2.34. The molecule has 1 aliphatic heterocycles. The van der Waals surface area contributed by atoms with Crippen LogP contribution in [0.5, 0.6) is 5.75 Å². The molecule has 1 heterocycles. The molecule has 8 heteroatoms. The van der Waals surface area contributed by atoms with Crippen molar-refractivity contribution < 1.29 is 14.3 Å². The summed E-state index contributed by atoms with van der Waals surface area (Å²) in [5.74, 6) is 0.550. The van der Waals surface area contributed by atoms with Crippen LogP contribution in [0, 0.1) is 0 Å². The molecule has 1 atom stereocenters. The van der Waals surface area contributed by atoms with Crippen molar-refractivity contribution in [3.63, 3.8) is 0 Å². The molecule has 1 aromatic rings. The molecule has 1 saturated heterocycles. The summed E-state index contributed by atoms with van der Waals surface area (Å²) in [5, 5.41) is 6.29. The van der Waals surface area contributed by atoms with E-state index in [0.29, 0.717) is 29.5 Å². The third-order valence-corrected chi connectivity index (χ3v) is 4.95. The second-order valence-electron chi connectivity index (χ2n) is 6.83. The van der Waals surface area contributed by atoms with Crippen molar-refractivity contribution in [1.29, 1.82) is 0 Å². The van der Waals surface area contributed by atoms with Gasteiger partial charge in [-0.1, -0.05) is 18.5 Å². The third kappa shape index (κ3) is 7.01. The van der Waals surface area contributed by atoms with Gasteiger partial charge in [-0.25, -0.2) is 0 Å². The number of rotatable bonds is 8. The van der Waals surface area contributed by atoms with Crippen molar-refractivity contribution in [2.45, 2.75) is 26.3 Å². The maximum atomic E-state index is 12.3. The van der Waals surface area contributed by atoms with Crippen molar-refractivity contribution in [2.24, 2.45) is 0 Å². The van der Waals surface area contributed by atoms with Crippen molar-refractivity contribution >= 4 is 29.1 Å². The van der Waals surface area contributed by atoms with E-state index in [4.69, 9.17) is 16.3 Å². The van der Waals surface area contributed by atoms with Crippen LogP contribution < -0.4 is 15.4 Å². The largest absolute Gasteiger partial charge is 0.495 e. The smallest absolute Gasteiger partial charge is 0.238 e. The number of hydrogen-bond acceptors (Lipinski definition) is 5. The van der Waals surface area contributed by atoms with Crippen molar-refractivity contribution in [3.05, 3.63) is 23.2 Å². The highest BCUT2D eigenvalue weighted by atomic mass is 35.5. The molecule has 0 bridgehead atoms. The zero-order valence-corrected chi connectivity index (χ0v) is 17.0. The normalized spacial score (nSPS) is 16.6. The van der Waals surface area contributed by atoms with Gasteiger partial charge in [-0.2, -0.15) is 0 Å². The van der Waals surface area contributed by atoms with Crippen LogP contribution in [0.3, 0.4) is 0 Å². The Kier molecular flexibility index (Phi) is 8.34. The minimum Gasteiger partial charge on any atom is -0.495 e.